The Morgan fingerprint density at radius 3 is 2.40 bits per heavy atom. The molecule has 3 aliphatic rings. The zero-order valence-electron chi connectivity index (χ0n) is 31.1. The van der Waals surface area contributed by atoms with Crippen LogP contribution in [0.3, 0.4) is 0 Å². The lowest BCUT2D eigenvalue weighted by Crippen LogP contribution is -2.57. The number of amides is 1. The van der Waals surface area contributed by atoms with Crippen molar-refractivity contribution in [2.24, 2.45) is 28.8 Å². The van der Waals surface area contributed by atoms with Crippen LogP contribution in [0.1, 0.15) is 100 Å². The van der Waals surface area contributed by atoms with E-state index in [0.29, 0.717) is 38.8 Å². The van der Waals surface area contributed by atoms with Crippen LogP contribution >= 0.6 is 0 Å². The van der Waals surface area contributed by atoms with Gasteiger partial charge >= 0.3 is 12.1 Å². The van der Waals surface area contributed by atoms with Gasteiger partial charge in [-0.15, -0.1) is 0 Å². The molecule has 274 valence electrons. The number of ether oxygens (including phenoxy) is 5. The van der Waals surface area contributed by atoms with Crippen LogP contribution in [0.4, 0.5) is 4.79 Å². The van der Waals surface area contributed by atoms with Crippen LogP contribution in [0.15, 0.2) is 5.11 Å². The van der Waals surface area contributed by atoms with Gasteiger partial charge in [0, 0.05) is 43.0 Å². The molecule has 13 heteroatoms. The van der Waals surface area contributed by atoms with Gasteiger partial charge in [-0.05, 0) is 91.8 Å². The van der Waals surface area contributed by atoms with Gasteiger partial charge in [0.05, 0.1) is 23.9 Å². The summed E-state index contributed by atoms with van der Waals surface area (Å²) >= 11 is 0. The fraction of sp³-hybridized carbons (Fsp3) is 0.914. The number of carbonyl (C=O) groups excluding carboxylic acids is 3. The van der Waals surface area contributed by atoms with Crippen LogP contribution in [0.5, 0.6) is 0 Å². The van der Waals surface area contributed by atoms with Crippen LogP contribution in [0, 0.1) is 23.7 Å². The maximum absolute atomic E-state index is 14.1. The van der Waals surface area contributed by atoms with Crippen LogP contribution in [0.2, 0.25) is 0 Å². The predicted octanol–water partition coefficient (Wildman–Crippen LogP) is 6.13. The third-order valence-electron chi connectivity index (χ3n) is 11.2. The van der Waals surface area contributed by atoms with E-state index < -0.39 is 59.6 Å². The number of hydrogen-bond acceptors (Lipinski definition) is 10. The van der Waals surface area contributed by atoms with Gasteiger partial charge in [0.1, 0.15) is 12.0 Å². The smallest absolute Gasteiger partial charge is 0.410 e. The molecule has 0 aliphatic carbocycles. The summed E-state index contributed by atoms with van der Waals surface area (Å²) in [6.45, 7) is 16.1. The maximum atomic E-state index is 14.1. The van der Waals surface area contributed by atoms with Crippen molar-refractivity contribution in [1.29, 1.82) is 0 Å². The van der Waals surface area contributed by atoms with Crippen LogP contribution in [-0.4, -0.2) is 110 Å². The van der Waals surface area contributed by atoms with E-state index in [-0.39, 0.29) is 29.8 Å². The van der Waals surface area contributed by atoms with E-state index in [9.17, 15) is 14.4 Å². The second-order valence-electron chi connectivity index (χ2n) is 15.0. The molecule has 12 atom stereocenters. The van der Waals surface area contributed by atoms with Crippen molar-refractivity contribution in [3.63, 3.8) is 0 Å². The van der Waals surface area contributed by atoms with Crippen LogP contribution in [-0.2, 0) is 33.3 Å². The van der Waals surface area contributed by atoms with Crippen molar-refractivity contribution in [1.82, 2.24) is 9.80 Å². The van der Waals surface area contributed by atoms with E-state index >= 15 is 0 Å². The number of Topliss-reactive ketones (excluding diaryl/α,β-unsaturated/α-hetero) is 1. The molecule has 0 bridgehead atoms. The molecule has 3 unspecified atom stereocenters. The number of methoxy groups -OCH3 is 1. The Kier molecular flexibility index (Phi) is 14.1. The van der Waals surface area contributed by atoms with Gasteiger partial charge < -0.3 is 33.5 Å². The normalized spacial score (nSPS) is 40.1. The van der Waals surface area contributed by atoms with E-state index in [4.69, 9.17) is 29.2 Å². The molecule has 0 aromatic rings. The van der Waals surface area contributed by atoms with E-state index in [1.807, 2.05) is 27.7 Å². The summed E-state index contributed by atoms with van der Waals surface area (Å²) in [6.07, 6.45) is 1.99. The van der Waals surface area contributed by atoms with Gasteiger partial charge in [-0.3, -0.25) is 9.59 Å². The highest BCUT2D eigenvalue weighted by Gasteiger charge is 2.58. The van der Waals surface area contributed by atoms with Crippen LogP contribution in [0.25, 0.3) is 10.4 Å². The fourth-order valence-corrected chi connectivity index (χ4v) is 8.32. The minimum Gasteiger partial charge on any atom is -0.458 e. The number of esters is 1. The zero-order valence-corrected chi connectivity index (χ0v) is 31.1. The standard InChI is InChI=1S/C35H61N5O8/c1-12-27-35(8)29(40(33(43)48-35)19-14-13-18-37-38-36)21(2)16-15-17-34(7,44-11)30(24(5)28(41)25(6)31(42)46-27)47-32-23(4)26(39(9)10)20-22(3)45-32/h21-27,29-30,32H,12-20H2,1-11H3/t21-,22?,23?,24-,25+,26?,27+,29+,30+,32-,34+,35+/m0/s1. The van der Waals surface area contributed by atoms with E-state index in [1.54, 1.807) is 25.9 Å². The second-order valence-corrected chi connectivity index (χ2v) is 15.0. The molecular weight excluding hydrogens is 618 g/mol. The quantitative estimate of drug-likeness (QED) is 0.0663. The van der Waals surface area contributed by atoms with Gasteiger partial charge in [0.15, 0.2) is 17.7 Å². The Bertz CT molecular complexity index is 1170. The molecule has 0 aromatic heterocycles. The number of unbranched alkanes of at least 4 members (excludes halogenated alkanes) is 1. The van der Waals surface area contributed by atoms with Crippen LogP contribution < -0.4 is 0 Å². The first-order chi connectivity index (χ1) is 22.6. The van der Waals surface area contributed by atoms with Gasteiger partial charge in [-0.25, -0.2) is 4.79 Å². The molecule has 3 fully saturated rings. The number of rotatable bonds is 10. The number of hydrogen-bond donors (Lipinski definition) is 0. The number of cyclic esters (lactones) is 1. The van der Waals surface area contributed by atoms with E-state index in [1.165, 1.54) is 0 Å². The minimum atomic E-state index is -1.13. The molecule has 0 saturated carbocycles. The summed E-state index contributed by atoms with van der Waals surface area (Å²) in [7, 11) is 5.75. The molecule has 13 nitrogen and oxygen atoms in total. The molecule has 0 spiro atoms. The number of fused-ring (bicyclic) bond motifs is 1. The third kappa shape index (κ3) is 8.64. The first-order valence-corrected chi connectivity index (χ1v) is 17.8. The Morgan fingerprint density at radius 2 is 1.79 bits per heavy atom. The number of carbonyl (C=O) groups is 3. The highest BCUT2D eigenvalue weighted by atomic mass is 16.7. The average molecular weight is 680 g/mol. The van der Waals surface area contributed by atoms with Gasteiger partial charge in [0.2, 0.25) is 0 Å². The summed E-state index contributed by atoms with van der Waals surface area (Å²) in [6, 6.07) is -0.164. The minimum absolute atomic E-state index is 0.0238. The van der Waals surface area contributed by atoms with Gasteiger partial charge in [0.25, 0.3) is 0 Å². The second kappa shape index (κ2) is 17.0. The highest BCUT2D eigenvalue weighted by Crippen LogP contribution is 2.43. The average Bonchev–Trinajstić information content (AvgIpc) is 3.30. The Balaban J connectivity index is 2.00. The predicted molar refractivity (Wildman–Crippen MR) is 181 cm³/mol. The largest absolute Gasteiger partial charge is 0.458 e. The zero-order chi connectivity index (χ0) is 36.0. The molecule has 0 aromatic carbocycles. The third-order valence-corrected chi connectivity index (χ3v) is 11.2. The lowest BCUT2D eigenvalue weighted by molar-refractivity contribution is -0.280. The van der Waals surface area contributed by atoms with Crippen molar-refractivity contribution in [3.8, 4) is 0 Å². The highest BCUT2D eigenvalue weighted by molar-refractivity contribution is 6.00. The summed E-state index contributed by atoms with van der Waals surface area (Å²) in [5.74, 6) is -2.77. The maximum Gasteiger partial charge on any atom is 0.410 e. The molecule has 48 heavy (non-hydrogen) atoms. The summed E-state index contributed by atoms with van der Waals surface area (Å²) in [4.78, 5) is 48.1. The van der Waals surface area contributed by atoms with Gasteiger partial charge in [-0.2, -0.15) is 0 Å². The number of ketones is 1. The van der Waals surface area contributed by atoms with Crippen molar-refractivity contribution >= 4 is 17.8 Å². The Morgan fingerprint density at radius 1 is 1.10 bits per heavy atom. The van der Waals surface area contributed by atoms with Crippen molar-refractivity contribution < 1.29 is 38.1 Å². The van der Waals surface area contributed by atoms with E-state index in [2.05, 4.69) is 42.9 Å². The first kappa shape index (κ1) is 40.0. The molecule has 3 aliphatic heterocycles. The Hall–Kier alpha value is -2.44. The number of azide groups is 1. The SMILES string of the molecule is CC[C@H]1OC(=O)[C@H](C)C(=O)[C@H](C)[C@@H](O[C@@H]2OC(C)CC(N(C)C)C2C)[C@](C)(OC)CCC[C@H](C)[C@H]2N(CCCCN=[N+]=[N-])C(=O)O[C@]12C. The molecule has 0 N–H and O–H groups in total. The van der Waals surface area contributed by atoms with Crippen molar-refractivity contribution in [3.05, 3.63) is 10.4 Å². The first-order valence-electron chi connectivity index (χ1n) is 17.8. The van der Waals surface area contributed by atoms with Crippen molar-refractivity contribution in [2.75, 3.05) is 34.3 Å². The van der Waals surface area contributed by atoms with E-state index in [0.717, 1.165) is 19.3 Å². The number of nitrogens with zero attached hydrogens (tertiary/aromatic N) is 5. The Labute approximate surface area is 287 Å². The van der Waals surface area contributed by atoms with Gasteiger partial charge in [-0.1, -0.05) is 39.2 Å². The monoisotopic (exact) mass is 679 g/mol. The molecular formula is C35H61N5O8. The molecule has 3 rings (SSSR count). The molecule has 3 saturated heterocycles. The summed E-state index contributed by atoms with van der Waals surface area (Å²) in [5, 5.41) is 3.62. The summed E-state index contributed by atoms with van der Waals surface area (Å²) < 4.78 is 31.6. The lowest BCUT2D eigenvalue weighted by atomic mass is 9.76. The topological polar surface area (TPSA) is 153 Å². The molecule has 3 heterocycles. The summed E-state index contributed by atoms with van der Waals surface area (Å²) in [5.41, 5.74) is 6.63. The van der Waals surface area contributed by atoms with Crippen molar-refractivity contribution in [2.45, 2.75) is 148 Å². The molecule has 0 radical (unpaired) electrons. The lowest BCUT2D eigenvalue weighted by Gasteiger charge is -2.47. The molecule has 1 amide bonds. The fourth-order valence-electron chi connectivity index (χ4n) is 8.32.